The zero-order valence-corrected chi connectivity index (χ0v) is 48.7. The third kappa shape index (κ3) is 15.1. The van der Waals surface area contributed by atoms with Gasteiger partial charge in [0.1, 0.15) is 59.6 Å². The van der Waals surface area contributed by atoms with Crippen molar-refractivity contribution in [2.45, 2.75) is 0 Å². The molecule has 0 saturated carbocycles. The van der Waals surface area contributed by atoms with Crippen LogP contribution in [0.5, 0.6) is 34.5 Å². The van der Waals surface area contributed by atoms with Crippen LogP contribution in [-0.4, -0.2) is 61.2 Å². The SMILES string of the molecule is C=CP(=NP(=S)(Oc1ccc(/C=N/N(C)P(=S)(Oc2ccc(C=O)cc2)Oc2ccc(C=O)cc2)cc1)Oc1ccc(/C=N/N(C)P(=S)(Oc2ccc(C=O)cc2)Oc2ccc(C=O)cc2)cc1)(c1ccccc1)c1ccccc1. The molecule has 15 nitrogen and oxygen atoms in total. The van der Waals surface area contributed by atoms with E-state index in [1.807, 2.05) is 66.5 Å². The Hall–Kier alpha value is -7.90. The van der Waals surface area contributed by atoms with E-state index in [9.17, 15) is 19.2 Å². The maximum Gasteiger partial charge on any atom is 0.413 e. The lowest BCUT2D eigenvalue weighted by Crippen LogP contribution is -2.17. The van der Waals surface area contributed by atoms with Crippen molar-refractivity contribution in [3.63, 3.8) is 0 Å². The van der Waals surface area contributed by atoms with E-state index < -0.39 is 27.0 Å². The highest BCUT2D eigenvalue weighted by molar-refractivity contribution is 8.11. The fourth-order valence-electron chi connectivity index (χ4n) is 7.20. The normalized spacial score (nSPS) is 11.7. The van der Waals surface area contributed by atoms with Gasteiger partial charge in [-0.1, -0.05) is 67.2 Å². The first-order valence-corrected chi connectivity index (χ1v) is 33.6. The molecule has 0 N–H and O–H groups in total. The van der Waals surface area contributed by atoms with Crippen LogP contribution in [0.25, 0.3) is 0 Å². The Morgan fingerprint density at radius 2 is 0.625 bits per heavy atom. The molecule has 0 radical (unpaired) electrons. The number of benzene rings is 8. The molecule has 0 atom stereocenters. The van der Waals surface area contributed by atoms with Gasteiger partial charge in [-0.25, -0.2) is 9.56 Å². The molecule has 0 aliphatic rings. The summed E-state index contributed by atoms with van der Waals surface area (Å²) in [5.41, 5.74) is 3.15. The van der Waals surface area contributed by atoms with E-state index in [-0.39, 0.29) is 0 Å². The maximum absolute atomic E-state index is 11.3. The van der Waals surface area contributed by atoms with Crippen molar-refractivity contribution in [3.05, 3.63) is 252 Å². The molecule has 0 unspecified atom stereocenters. The van der Waals surface area contributed by atoms with Crippen molar-refractivity contribution in [3.8, 4) is 34.5 Å². The minimum atomic E-state index is -3.73. The number of hydrogen-bond acceptors (Lipinski definition) is 15. The van der Waals surface area contributed by atoms with Crippen molar-refractivity contribution in [2.24, 2.45) is 14.7 Å². The van der Waals surface area contributed by atoms with Gasteiger partial charge in [-0.15, -0.1) is 0 Å². The van der Waals surface area contributed by atoms with Crippen LogP contribution in [0.4, 0.5) is 0 Å². The van der Waals surface area contributed by atoms with Crippen molar-refractivity contribution in [1.82, 2.24) is 9.56 Å². The average Bonchev–Trinajstić information content (AvgIpc) is 3.54. The quantitative estimate of drug-likeness (QED) is 0.0217. The first-order chi connectivity index (χ1) is 38.7. The molecule has 404 valence electrons. The molecule has 0 fully saturated rings. The summed E-state index contributed by atoms with van der Waals surface area (Å²) < 4.78 is 46.9. The van der Waals surface area contributed by atoms with Crippen LogP contribution in [0.2, 0.25) is 0 Å². The summed E-state index contributed by atoms with van der Waals surface area (Å²) in [6, 6.07) is 59.4. The number of nitrogens with zero attached hydrogens (tertiary/aromatic N) is 5. The summed E-state index contributed by atoms with van der Waals surface area (Å²) in [6.45, 7) is -6.31. The Balaban J connectivity index is 1.07. The lowest BCUT2D eigenvalue weighted by molar-refractivity contribution is 0.111. The first-order valence-electron chi connectivity index (χ1n) is 24.0. The second-order valence-electron chi connectivity index (χ2n) is 16.9. The van der Waals surface area contributed by atoms with E-state index >= 15 is 0 Å². The van der Waals surface area contributed by atoms with Crippen molar-refractivity contribution in [1.29, 1.82) is 0 Å². The molecule has 0 bridgehead atoms. The van der Waals surface area contributed by atoms with Gasteiger partial charge in [0.2, 0.25) is 0 Å². The summed E-state index contributed by atoms with van der Waals surface area (Å²) in [4.78, 5) is 45.4. The molecule has 22 heteroatoms. The number of aldehydes is 4. The molecule has 0 aliphatic carbocycles. The average molecular weight is 1200 g/mol. The molecule has 8 aromatic rings. The molecule has 0 amide bonds. The summed E-state index contributed by atoms with van der Waals surface area (Å²) >= 11 is 18.5. The number of rotatable bonds is 26. The molecule has 80 heavy (non-hydrogen) atoms. The van der Waals surface area contributed by atoms with E-state index in [1.54, 1.807) is 172 Å². The van der Waals surface area contributed by atoms with E-state index in [2.05, 4.69) is 16.8 Å². The Labute approximate surface area is 478 Å². The molecule has 0 aliphatic heterocycles. The highest BCUT2D eigenvalue weighted by Crippen LogP contribution is 2.62. The monoisotopic (exact) mass is 1200 g/mol. The molecular formula is C58H49N5O10P4S3. The van der Waals surface area contributed by atoms with Crippen LogP contribution in [0, 0.1) is 0 Å². The van der Waals surface area contributed by atoms with Crippen LogP contribution < -0.4 is 37.8 Å². The molecule has 8 rings (SSSR count). The summed E-state index contributed by atoms with van der Waals surface area (Å²) in [5.74, 6) is 4.02. The van der Waals surface area contributed by atoms with Crippen LogP contribution in [0.3, 0.4) is 0 Å². The summed E-state index contributed by atoms with van der Waals surface area (Å²) in [6.07, 6.45) is 6.07. The minimum absolute atomic E-state index is 0.363. The maximum atomic E-state index is 11.3. The zero-order chi connectivity index (χ0) is 56.6. The lowest BCUT2D eigenvalue weighted by Gasteiger charge is -2.29. The van der Waals surface area contributed by atoms with Gasteiger partial charge in [0.15, 0.2) is 0 Å². The summed E-state index contributed by atoms with van der Waals surface area (Å²) in [5, 5.41) is 11.1. The number of carbonyl (C=O) groups is 4. The third-order valence-corrected chi connectivity index (χ3v) is 23.8. The van der Waals surface area contributed by atoms with E-state index in [0.717, 1.165) is 35.8 Å². The fraction of sp³-hybridized carbons (Fsp3) is 0.0345. The number of carbonyl (C=O) groups excluding carboxylic acids is 4. The predicted octanol–water partition coefficient (Wildman–Crippen LogP) is 13.9. The zero-order valence-electron chi connectivity index (χ0n) is 42.7. The summed E-state index contributed by atoms with van der Waals surface area (Å²) in [7, 11) is 0.380. The van der Waals surface area contributed by atoms with E-state index in [1.165, 1.54) is 9.56 Å². The predicted molar refractivity (Wildman–Crippen MR) is 329 cm³/mol. The third-order valence-electron chi connectivity index (χ3n) is 11.4. The van der Waals surface area contributed by atoms with Crippen LogP contribution >= 0.6 is 27.0 Å². The largest absolute Gasteiger partial charge is 0.420 e. The minimum Gasteiger partial charge on any atom is -0.420 e. The number of hydrogen-bond donors (Lipinski definition) is 0. The van der Waals surface area contributed by atoms with Crippen molar-refractivity contribution >= 4 is 111 Å². The molecular weight excluding hydrogens is 1150 g/mol. The second kappa shape index (κ2) is 26.8. The Kier molecular flexibility index (Phi) is 19.5. The molecule has 0 saturated heterocycles. The van der Waals surface area contributed by atoms with Gasteiger partial charge in [-0.05, 0) is 163 Å². The van der Waals surface area contributed by atoms with E-state index in [4.69, 9.17) is 67.1 Å². The Morgan fingerprint density at radius 3 is 0.875 bits per heavy atom. The van der Waals surface area contributed by atoms with Crippen molar-refractivity contribution < 1.29 is 46.3 Å². The van der Waals surface area contributed by atoms with Gasteiger partial charge in [-0.2, -0.15) is 14.7 Å². The van der Waals surface area contributed by atoms with Crippen LogP contribution in [-0.2, 0) is 35.4 Å². The molecule has 8 aromatic carbocycles. The van der Waals surface area contributed by atoms with Gasteiger partial charge < -0.3 is 27.1 Å². The first kappa shape index (κ1) is 58.3. The standard InChI is InChI=1S/C58H49N5O10P4S3/c1-4-74(57-11-7-5-8-12-57,58-13-9-6-10-14-58)61-75(78,68-51-27-15-45(16-28-51)39-59-62(2)76(79,70-53-31-19-47(41-64)20-32-53)71-54-33-21-48(42-65)22-34-54)69-52-29-17-46(18-30-52)40-60-63(3)77(80,72-55-35-23-49(43-66)24-36-55)73-56-37-25-50(44-67)26-38-56/h4-44H,1H2,2-3H3/b59-39+,60-40+. The smallest absolute Gasteiger partial charge is 0.413 e. The Bertz CT molecular complexity index is 3380. The van der Waals surface area contributed by atoms with Crippen molar-refractivity contribution in [2.75, 3.05) is 14.1 Å². The van der Waals surface area contributed by atoms with Gasteiger partial charge in [0.25, 0.3) is 0 Å². The highest BCUT2D eigenvalue weighted by Gasteiger charge is 2.33. The lowest BCUT2D eigenvalue weighted by atomic mass is 10.2. The molecule has 0 spiro atoms. The van der Waals surface area contributed by atoms with Gasteiger partial charge in [-0.3, -0.25) is 19.2 Å². The fourth-order valence-corrected chi connectivity index (χ4v) is 18.1. The van der Waals surface area contributed by atoms with E-state index in [0.29, 0.717) is 67.9 Å². The van der Waals surface area contributed by atoms with Crippen LogP contribution in [0.15, 0.2) is 233 Å². The number of hydrazone groups is 2. The van der Waals surface area contributed by atoms with Gasteiger partial charge in [0, 0.05) is 82.4 Å². The second-order valence-corrected chi connectivity index (χ2v) is 29.6. The van der Waals surface area contributed by atoms with Crippen LogP contribution in [0.1, 0.15) is 52.6 Å². The van der Waals surface area contributed by atoms with Gasteiger partial charge in [0.05, 0.1) is 19.5 Å². The highest BCUT2D eigenvalue weighted by atomic mass is 32.5. The Morgan fingerprint density at radius 1 is 0.375 bits per heavy atom. The van der Waals surface area contributed by atoms with Gasteiger partial charge >= 0.3 is 19.9 Å². The molecule has 0 heterocycles. The molecule has 0 aromatic heterocycles. The topological polar surface area (TPSA) is 167 Å².